The second kappa shape index (κ2) is 9.20. The quantitative estimate of drug-likeness (QED) is 0.644. The van der Waals surface area contributed by atoms with Crippen LogP contribution in [0.3, 0.4) is 0 Å². The fourth-order valence-corrected chi connectivity index (χ4v) is 1.76. The molecule has 0 aliphatic rings. The Hall–Kier alpha value is -1.79. The van der Waals surface area contributed by atoms with E-state index < -0.39 is 12.0 Å². The summed E-state index contributed by atoms with van der Waals surface area (Å²) in [6.07, 6.45) is 1.69. The minimum absolute atomic E-state index is 0.0533. The first-order valence-electron chi connectivity index (χ1n) is 6.70. The molecule has 3 N–H and O–H groups in total. The molecular formula is C14H19ClN2O4. The molecule has 7 heteroatoms. The molecule has 0 bridgehead atoms. The molecule has 116 valence electrons. The smallest absolute Gasteiger partial charge is 0.337 e. The number of rotatable bonds is 8. The zero-order chi connectivity index (χ0) is 15.7. The summed E-state index contributed by atoms with van der Waals surface area (Å²) in [5, 5.41) is 14.3. The second-order valence-corrected chi connectivity index (χ2v) is 4.75. The summed E-state index contributed by atoms with van der Waals surface area (Å²) in [6.45, 7) is 3.82. The molecule has 0 saturated heterocycles. The van der Waals surface area contributed by atoms with Gasteiger partial charge in [0.25, 0.3) is 0 Å². The Labute approximate surface area is 128 Å². The highest BCUT2D eigenvalue weighted by Gasteiger charge is 2.10. The molecule has 0 fully saturated rings. The van der Waals surface area contributed by atoms with Gasteiger partial charge in [-0.15, -0.1) is 0 Å². The normalized spacial score (nSPS) is 10.2. The average Bonchev–Trinajstić information content (AvgIpc) is 2.44. The van der Waals surface area contributed by atoms with Crippen molar-refractivity contribution in [1.82, 2.24) is 5.32 Å². The van der Waals surface area contributed by atoms with Gasteiger partial charge in [-0.25, -0.2) is 9.59 Å². The number of carbonyl (C=O) groups is 2. The largest absolute Gasteiger partial charge is 0.478 e. The zero-order valence-corrected chi connectivity index (χ0v) is 12.6. The van der Waals surface area contributed by atoms with Crippen LogP contribution < -0.4 is 10.6 Å². The number of carboxylic acid groups (broad SMARTS) is 1. The molecule has 0 saturated carbocycles. The minimum atomic E-state index is -1.14. The van der Waals surface area contributed by atoms with E-state index in [1.807, 2.05) is 6.92 Å². The summed E-state index contributed by atoms with van der Waals surface area (Å²) in [5.74, 6) is -1.14. The third-order valence-corrected chi connectivity index (χ3v) is 2.88. The molecule has 1 rings (SSSR count). The molecule has 0 radical (unpaired) electrons. The molecule has 0 spiro atoms. The lowest BCUT2D eigenvalue weighted by Gasteiger charge is -2.09. The molecular weight excluding hydrogens is 296 g/mol. The van der Waals surface area contributed by atoms with E-state index in [4.69, 9.17) is 21.4 Å². The van der Waals surface area contributed by atoms with Crippen LogP contribution >= 0.6 is 11.6 Å². The number of amides is 2. The van der Waals surface area contributed by atoms with E-state index in [0.717, 1.165) is 13.0 Å². The lowest BCUT2D eigenvalue weighted by molar-refractivity contribution is 0.0697. The van der Waals surface area contributed by atoms with Crippen molar-refractivity contribution in [1.29, 1.82) is 0 Å². The Kier molecular flexibility index (Phi) is 7.56. The second-order valence-electron chi connectivity index (χ2n) is 4.35. The van der Waals surface area contributed by atoms with Gasteiger partial charge in [0.1, 0.15) is 0 Å². The van der Waals surface area contributed by atoms with Gasteiger partial charge < -0.3 is 20.5 Å². The third-order valence-electron chi connectivity index (χ3n) is 2.55. The maximum Gasteiger partial charge on any atom is 0.337 e. The van der Waals surface area contributed by atoms with Gasteiger partial charge >= 0.3 is 12.0 Å². The molecule has 0 atom stereocenters. The zero-order valence-electron chi connectivity index (χ0n) is 11.8. The molecule has 0 aliphatic carbocycles. The highest BCUT2D eigenvalue weighted by Crippen LogP contribution is 2.20. The number of halogens is 1. The van der Waals surface area contributed by atoms with Gasteiger partial charge in [0, 0.05) is 25.4 Å². The Bertz CT molecular complexity index is 494. The van der Waals surface area contributed by atoms with Gasteiger partial charge in [-0.3, -0.25) is 0 Å². The number of aromatic carboxylic acids is 1. The van der Waals surface area contributed by atoms with Crippen molar-refractivity contribution in [2.45, 2.75) is 19.8 Å². The number of anilines is 1. The van der Waals surface area contributed by atoms with Crippen molar-refractivity contribution in [3.8, 4) is 0 Å². The third kappa shape index (κ3) is 6.46. The Morgan fingerprint density at radius 1 is 1.33 bits per heavy atom. The van der Waals surface area contributed by atoms with Crippen LogP contribution in [0.25, 0.3) is 0 Å². The molecule has 21 heavy (non-hydrogen) atoms. The Morgan fingerprint density at radius 3 is 2.76 bits per heavy atom. The van der Waals surface area contributed by atoms with E-state index in [1.165, 1.54) is 12.1 Å². The predicted molar refractivity (Wildman–Crippen MR) is 81.2 cm³/mol. The van der Waals surface area contributed by atoms with Gasteiger partial charge in [-0.05, 0) is 31.0 Å². The molecule has 0 unspecified atom stereocenters. The van der Waals surface area contributed by atoms with E-state index in [0.29, 0.717) is 25.3 Å². The SMILES string of the molecule is CCCOCCCNC(=O)Nc1ccc(Cl)c(C(=O)O)c1. The van der Waals surface area contributed by atoms with Gasteiger partial charge in [0.05, 0.1) is 10.6 Å². The number of nitrogens with one attached hydrogen (secondary N) is 2. The summed E-state index contributed by atoms with van der Waals surface area (Å²) in [5.41, 5.74) is 0.318. The topological polar surface area (TPSA) is 87.7 Å². The van der Waals surface area contributed by atoms with Gasteiger partial charge in [-0.1, -0.05) is 18.5 Å². The van der Waals surface area contributed by atoms with Crippen LogP contribution in [0, 0.1) is 0 Å². The lowest BCUT2D eigenvalue weighted by atomic mass is 10.2. The van der Waals surface area contributed by atoms with Crippen molar-refractivity contribution in [2.24, 2.45) is 0 Å². The fraction of sp³-hybridized carbons (Fsp3) is 0.429. The van der Waals surface area contributed by atoms with Crippen molar-refractivity contribution in [2.75, 3.05) is 25.1 Å². The lowest BCUT2D eigenvalue weighted by Crippen LogP contribution is -2.30. The minimum Gasteiger partial charge on any atom is -0.478 e. The maximum atomic E-state index is 11.6. The number of hydrogen-bond acceptors (Lipinski definition) is 3. The summed E-state index contributed by atoms with van der Waals surface area (Å²) in [7, 11) is 0. The first-order chi connectivity index (χ1) is 10.0. The number of carboxylic acids is 1. The van der Waals surface area contributed by atoms with Crippen molar-refractivity contribution >= 4 is 29.3 Å². The van der Waals surface area contributed by atoms with Crippen molar-refractivity contribution in [3.63, 3.8) is 0 Å². The monoisotopic (exact) mass is 314 g/mol. The van der Waals surface area contributed by atoms with Crippen LogP contribution in [-0.2, 0) is 4.74 Å². The highest BCUT2D eigenvalue weighted by molar-refractivity contribution is 6.33. The van der Waals surface area contributed by atoms with Gasteiger partial charge in [-0.2, -0.15) is 0 Å². The van der Waals surface area contributed by atoms with Crippen LogP contribution in [0.2, 0.25) is 5.02 Å². The van der Waals surface area contributed by atoms with Crippen molar-refractivity contribution < 1.29 is 19.4 Å². The van der Waals surface area contributed by atoms with E-state index in [-0.39, 0.29) is 10.6 Å². The van der Waals surface area contributed by atoms with Gasteiger partial charge in [0.2, 0.25) is 0 Å². The molecule has 0 aliphatic heterocycles. The van der Waals surface area contributed by atoms with E-state index in [2.05, 4.69) is 10.6 Å². The molecule has 0 heterocycles. The standard InChI is InChI=1S/C14H19ClN2O4/c1-2-7-21-8-3-6-16-14(20)17-10-4-5-12(15)11(9-10)13(18)19/h4-5,9H,2-3,6-8H2,1H3,(H,18,19)(H2,16,17,20). The molecule has 6 nitrogen and oxygen atoms in total. The summed E-state index contributed by atoms with van der Waals surface area (Å²) in [4.78, 5) is 22.6. The van der Waals surface area contributed by atoms with E-state index in [1.54, 1.807) is 6.07 Å². The first kappa shape index (κ1) is 17.3. The van der Waals surface area contributed by atoms with Crippen LogP contribution in [0.4, 0.5) is 10.5 Å². The molecule has 2 amide bonds. The molecule has 0 aromatic heterocycles. The predicted octanol–water partition coefficient (Wildman–Crippen LogP) is 2.98. The summed E-state index contributed by atoms with van der Waals surface area (Å²) >= 11 is 5.75. The maximum absolute atomic E-state index is 11.6. The molecule has 1 aromatic rings. The number of benzene rings is 1. The Morgan fingerprint density at radius 2 is 2.10 bits per heavy atom. The summed E-state index contributed by atoms with van der Waals surface area (Å²) in [6, 6.07) is 3.89. The summed E-state index contributed by atoms with van der Waals surface area (Å²) < 4.78 is 5.29. The first-order valence-corrected chi connectivity index (χ1v) is 7.07. The Balaban J connectivity index is 2.38. The average molecular weight is 315 g/mol. The van der Waals surface area contributed by atoms with Crippen LogP contribution in [-0.4, -0.2) is 36.9 Å². The van der Waals surface area contributed by atoms with Crippen LogP contribution in [0.5, 0.6) is 0 Å². The van der Waals surface area contributed by atoms with Crippen molar-refractivity contribution in [3.05, 3.63) is 28.8 Å². The number of carbonyl (C=O) groups excluding carboxylic acids is 1. The number of urea groups is 1. The van der Waals surface area contributed by atoms with Crippen LogP contribution in [0.1, 0.15) is 30.1 Å². The number of ether oxygens (including phenoxy) is 1. The van der Waals surface area contributed by atoms with Gasteiger partial charge in [0.15, 0.2) is 0 Å². The highest BCUT2D eigenvalue weighted by atomic mass is 35.5. The fourth-order valence-electron chi connectivity index (χ4n) is 1.56. The molecule has 1 aromatic carbocycles. The van der Waals surface area contributed by atoms with Crippen LogP contribution in [0.15, 0.2) is 18.2 Å². The van der Waals surface area contributed by atoms with E-state index in [9.17, 15) is 9.59 Å². The number of hydrogen-bond donors (Lipinski definition) is 3. The van der Waals surface area contributed by atoms with E-state index >= 15 is 0 Å².